The molecule has 86 valence electrons. The highest BCUT2D eigenvalue weighted by molar-refractivity contribution is 5.61. The molecule has 2 aromatic rings. The Morgan fingerprint density at radius 1 is 1.29 bits per heavy atom. The number of nitrogen functional groups attached to an aromatic ring is 1. The van der Waals surface area contributed by atoms with E-state index in [-0.39, 0.29) is 11.4 Å². The monoisotopic (exact) mass is 231 g/mol. The summed E-state index contributed by atoms with van der Waals surface area (Å²) in [5.41, 5.74) is 5.47. The smallest absolute Gasteiger partial charge is 0.292 e. The van der Waals surface area contributed by atoms with Crippen LogP contribution in [0, 0.1) is 10.1 Å². The largest absolute Gasteiger partial charge is 0.456 e. The molecule has 0 saturated carbocycles. The van der Waals surface area contributed by atoms with Crippen LogP contribution in [0.4, 0.5) is 11.4 Å². The number of nitrogens with zero attached hydrogens (tertiary/aromatic N) is 2. The fraction of sp³-hybridized carbons (Fsp3) is 0. The first-order valence-corrected chi connectivity index (χ1v) is 4.78. The average Bonchev–Trinajstić information content (AvgIpc) is 2.30. The lowest BCUT2D eigenvalue weighted by atomic mass is 10.2. The second-order valence-electron chi connectivity index (χ2n) is 3.27. The Kier molecular flexibility index (Phi) is 2.87. The van der Waals surface area contributed by atoms with Crippen LogP contribution in [0.2, 0.25) is 0 Å². The minimum atomic E-state index is -0.539. The lowest BCUT2D eigenvalue weighted by molar-refractivity contribution is -0.383. The van der Waals surface area contributed by atoms with Crippen LogP contribution in [0.15, 0.2) is 42.7 Å². The third kappa shape index (κ3) is 2.49. The Bertz CT molecular complexity index is 543. The zero-order valence-electron chi connectivity index (χ0n) is 8.74. The molecule has 0 saturated heterocycles. The minimum absolute atomic E-state index is 0.0661. The summed E-state index contributed by atoms with van der Waals surface area (Å²) in [6, 6.07) is 7.66. The molecule has 6 nitrogen and oxygen atoms in total. The van der Waals surface area contributed by atoms with Crippen LogP contribution in [-0.4, -0.2) is 9.91 Å². The van der Waals surface area contributed by atoms with E-state index >= 15 is 0 Å². The summed E-state index contributed by atoms with van der Waals surface area (Å²) in [6.07, 6.45) is 3.16. The highest BCUT2D eigenvalue weighted by Gasteiger charge is 2.11. The second-order valence-corrected chi connectivity index (χ2v) is 3.27. The van der Waals surface area contributed by atoms with Crippen LogP contribution in [0.25, 0.3) is 0 Å². The molecule has 0 aliphatic heterocycles. The van der Waals surface area contributed by atoms with E-state index in [2.05, 4.69) is 4.98 Å². The van der Waals surface area contributed by atoms with Gasteiger partial charge in [-0.05, 0) is 18.2 Å². The van der Waals surface area contributed by atoms with Gasteiger partial charge in [0, 0.05) is 18.3 Å². The number of anilines is 1. The quantitative estimate of drug-likeness (QED) is 0.497. The molecular formula is C11H9N3O3. The Morgan fingerprint density at radius 3 is 2.71 bits per heavy atom. The van der Waals surface area contributed by atoms with Crippen LogP contribution in [0.1, 0.15) is 0 Å². The summed E-state index contributed by atoms with van der Waals surface area (Å²) in [5.74, 6) is 0.974. The molecule has 0 bridgehead atoms. The van der Waals surface area contributed by atoms with Crippen molar-refractivity contribution in [1.29, 1.82) is 0 Å². The van der Waals surface area contributed by atoms with E-state index < -0.39 is 4.92 Å². The number of rotatable bonds is 3. The summed E-state index contributed by atoms with van der Waals surface area (Å²) in [4.78, 5) is 13.9. The number of ether oxygens (including phenoxy) is 1. The number of hydrogen-bond acceptors (Lipinski definition) is 5. The van der Waals surface area contributed by atoms with E-state index in [1.807, 2.05) is 0 Å². The molecule has 0 aliphatic rings. The lowest BCUT2D eigenvalue weighted by Gasteiger charge is -2.05. The van der Waals surface area contributed by atoms with Gasteiger partial charge in [-0.25, -0.2) is 0 Å². The van der Waals surface area contributed by atoms with E-state index in [0.717, 1.165) is 0 Å². The van der Waals surface area contributed by atoms with Crippen molar-refractivity contribution in [3.8, 4) is 11.5 Å². The van der Waals surface area contributed by atoms with Gasteiger partial charge < -0.3 is 10.5 Å². The first-order valence-electron chi connectivity index (χ1n) is 4.78. The van der Waals surface area contributed by atoms with Crippen LogP contribution in [0.5, 0.6) is 11.5 Å². The molecule has 0 unspecified atom stereocenters. The Hall–Kier alpha value is -2.63. The standard InChI is InChI=1S/C11H9N3O3/c12-10-6-8(3-4-11(10)14(15)16)17-9-2-1-5-13-7-9/h1-7H,12H2. The topological polar surface area (TPSA) is 91.3 Å². The minimum Gasteiger partial charge on any atom is -0.456 e. The van der Waals surface area contributed by atoms with Crippen molar-refractivity contribution in [2.45, 2.75) is 0 Å². The van der Waals surface area contributed by atoms with Crippen LogP contribution < -0.4 is 10.5 Å². The number of nitro groups is 1. The van der Waals surface area contributed by atoms with E-state index in [4.69, 9.17) is 10.5 Å². The van der Waals surface area contributed by atoms with Crippen molar-refractivity contribution in [2.24, 2.45) is 0 Å². The summed E-state index contributed by atoms with van der Waals surface area (Å²) < 4.78 is 5.43. The fourth-order valence-electron chi connectivity index (χ4n) is 1.31. The molecule has 0 fully saturated rings. The molecule has 6 heteroatoms. The van der Waals surface area contributed by atoms with Crippen molar-refractivity contribution in [3.05, 3.63) is 52.8 Å². The van der Waals surface area contributed by atoms with Crippen molar-refractivity contribution in [1.82, 2.24) is 4.98 Å². The summed E-state index contributed by atoms with van der Waals surface area (Å²) in [6.45, 7) is 0. The Balaban J connectivity index is 2.24. The van der Waals surface area contributed by atoms with Crippen molar-refractivity contribution >= 4 is 11.4 Å². The SMILES string of the molecule is Nc1cc(Oc2cccnc2)ccc1[N+](=O)[O-]. The summed E-state index contributed by atoms with van der Waals surface area (Å²) >= 11 is 0. The molecule has 0 amide bonds. The maximum Gasteiger partial charge on any atom is 0.292 e. The molecule has 2 N–H and O–H groups in total. The third-order valence-electron chi connectivity index (χ3n) is 2.07. The number of benzene rings is 1. The highest BCUT2D eigenvalue weighted by Crippen LogP contribution is 2.28. The van der Waals surface area contributed by atoms with E-state index in [0.29, 0.717) is 11.5 Å². The third-order valence-corrected chi connectivity index (χ3v) is 2.07. The van der Waals surface area contributed by atoms with Crippen LogP contribution in [0.3, 0.4) is 0 Å². The Morgan fingerprint density at radius 2 is 2.12 bits per heavy atom. The molecular weight excluding hydrogens is 222 g/mol. The molecule has 1 heterocycles. The Labute approximate surface area is 96.8 Å². The van der Waals surface area contributed by atoms with Crippen LogP contribution >= 0.6 is 0 Å². The van der Waals surface area contributed by atoms with Gasteiger partial charge in [-0.2, -0.15) is 0 Å². The van der Waals surface area contributed by atoms with Gasteiger partial charge in [0.15, 0.2) is 0 Å². The maximum atomic E-state index is 10.6. The normalized spacial score (nSPS) is 9.88. The number of nitro benzene ring substituents is 1. The van der Waals surface area contributed by atoms with Gasteiger partial charge in [-0.1, -0.05) is 0 Å². The molecule has 0 spiro atoms. The molecule has 0 atom stereocenters. The zero-order chi connectivity index (χ0) is 12.3. The highest BCUT2D eigenvalue weighted by atomic mass is 16.6. The van der Waals surface area contributed by atoms with Gasteiger partial charge in [0.25, 0.3) is 5.69 Å². The van der Waals surface area contributed by atoms with Crippen molar-refractivity contribution in [3.63, 3.8) is 0 Å². The average molecular weight is 231 g/mol. The van der Waals surface area contributed by atoms with Gasteiger partial charge in [0.2, 0.25) is 0 Å². The summed E-state index contributed by atoms with van der Waals surface area (Å²) in [5, 5.41) is 10.6. The van der Waals surface area contributed by atoms with E-state index in [9.17, 15) is 10.1 Å². The van der Waals surface area contributed by atoms with Gasteiger partial charge in [0.05, 0.1) is 11.1 Å². The van der Waals surface area contributed by atoms with E-state index in [1.165, 1.54) is 24.4 Å². The predicted octanol–water partition coefficient (Wildman–Crippen LogP) is 2.36. The fourth-order valence-corrected chi connectivity index (χ4v) is 1.31. The molecule has 2 rings (SSSR count). The van der Waals surface area contributed by atoms with Crippen molar-refractivity contribution < 1.29 is 9.66 Å². The first-order chi connectivity index (χ1) is 8.16. The van der Waals surface area contributed by atoms with Crippen molar-refractivity contribution in [2.75, 3.05) is 5.73 Å². The number of hydrogen-bond donors (Lipinski definition) is 1. The number of aromatic nitrogens is 1. The van der Waals surface area contributed by atoms with Crippen LogP contribution in [-0.2, 0) is 0 Å². The lowest BCUT2D eigenvalue weighted by Crippen LogP contribution is -1.96. The first kappa shape index (κ1) is 10.9. The number of pyridine rings is 1. The van der Waals surface area contributed by atoms with Gasteiger partial charge in [-0.15, -0.1) is 0 Å². The molecule has 1 aromatic heterocycles. The van der Waals surface area contributed by atoms with Gasteiger partial charge in [-0.3, -0.25) is 15.1 Å². The maximum absolute atomic E-state index is 10.6. The second kappa shape index (κ2) is 4.48. The molecule has 1 aromatic carbocycles. The predicted molar refractivity (Wildman–Crippen MR) is 61.8 cm³/mol. The summed E-state index contributed by atoms with van der Waals surface area (Å²) in [7, 11) is 0. The molecule has 17 heavy (non-hydrogen) atoms. The zero-order valence-corrected chi connectivity index (χ0v) is 8.74. The van der Waals surface area contributed by atoms with Gasteiger partial charge >= 0.3 is 0 Å². The van der Waals surface area contributed by atoms with E-state index in [1.54, 1.807) is 18.3 Å². The van der Waals surface area contributed by atoms with Gasteiger partial charge in [0.1, 0.15) is 17.2 Å². The molecule has 0 aliphatic carbocycles. The molecule has 0 radical (unpaired) electrons. The number of nitrogens with two attached hydrogens (primary N) is 1.